The molecule has 0 aliphatic rings. The van der Waals surface area contributed by atoms with E-state index >= 15 is 0 Å². The number of ether oxygens (including phenoxy) is 1. The third kappa shape index (κ3) is 6.99. The molecule has 7 heteroatoms. The number of thioether (sulfide) groups is 1. The number of anilines is 1. The van der Waals surface area contributed by atoms with Gasteiger partial charge in [-0.05, 0) is 49.4 Å². The summed E-state index contributed by atoms with van der Waals surface area (Å²) in [5, 5.41) is 14.3. The first kappa shape index (κ1) is 23.6. The highest BCUT2D eigenvalue weighted by atomic mass is 32.2. The fourth-order valence-electron chi connectivity index (χ4n) is 2.96. The Kier molecular flexibility index (Phi) is 8.69. The first-order valence-corrected chi connectivity index (χ1v) is 11.3. The van der Waals surface area contributed by atoms with Crippen LogP contribution in [0, 0.1) is 11.3 Å². The Hall–Kier alpha value is -4.02. The van der Waals surface area contributed by atoms with Gasteiger partial charge in [0.05, 0.1) is 18.4 Å². The van der Waals surface area contributed by atoms with Crippen LogP contribution in [-0.4, -0.2) is 24.2 Å². The molecule has 0 aromatic heterocycles. The van der Waals surface area contributed by atoms with Crippen LogP contribution in [0.3, 0.4) is 0 Å². The molecule has 0 aliphatic carbocycles. The number of hydrogen-bond acceptors (Lipinski definition) is 5. The molecule has 0 spiro atoms. The lowest BCUT2D eigenvalue weighted by Crippen LogP contribution is -2.30. The number of nitrogens with zero attached hydrogens (tertiary/aromatic N) is 1. The number of amides is 2. The third-order valence-corrected chi connectivity index (χ3v) is 5.30. The summed E-state index contributed by atoms with van der Waals surface area (Å²) in [5.41, 5.74) is 1.73. The second kappa shape index (κ2) is 12.1. The van der Waals surface area contributed by atoms with E-state index in [1.165, 1.54) is 11.8 Å². The van der Waals surface area contributed by atoms with Gasteiger partial charge in [0, 0.05) is 21.7 Å². The van der Waals surface area contributed by atoms with Crippen molar-refractivity contribution in [2.45, 2.75) is 11.8 Å². The van der Waals surface area contributed by atoms with Gasteiger partial charge in [-0.3, -0.25) is 9.59 Å². The van der Waals surface area contributed by atoms with Crippen molar-refractivity contribution in [1.29, 1.82) is 5.26 Å². The van der Waals surface area contributed by atoms with Crippen molar-refractivity contribution in [3.05, 3.63) is 95.7 Å². The summed E-state index contributed by atoms with van der Waals surface area (Å²) in [4.78, 5) is 26.8. The fraction of sp³-hybridized carbons (Fsp3) is 0.115. The van der Waals surface area contributed by atoms with Crippen LogP contribution >= 0.6 is 11.8 Å². The Labute approximate surface area is 197 Å². The zero-order chi connectivity index (χ0) is 23.5. The summed E-state index contributed by atoms with van der Waals surface area (Å²) < 4.78 is 5.66. The van der Waals surface area contributed by atoms with E-state index < -0.39 is 11.8 Å². The highest BCUT2D eigenvalue weighted by Gasteiger charge is 2.16. The minimum Gasteiger partial charge on any atom is -0.493 e. The number of nitriles is 1. The highest BCUT2D eigenvalue weighted by molar-refractivity contribution is 7.99. The van der Waals surface area contributed by atoms with Gasteiger partial charge >= 0.3 is 0 Å². The second-order valence-electron chi connectivity index (χ2n) is 6.78. The van der Waals surface area contributed by atoms with Gasteiger partial charge in [0.15, 0.2) is 0 Å². The lowest BCUT2D eigenvalue weighted by Gasteiger charge is -2.13. The van der Waals surface area contributed by atoms with Gasteiger partial charge in [0.25, 0.3) is 11.8 Å². The zero-order valence-corrected chi connectivity index (χ0v) is 18.9. The standard InChI is InChI=1S/C26H23N3O3S/c1-2-32-24-14-7-6-11-20(24)17-23(29-25(30)19-9-4-3-5-10-19)26(31)28-21-12-8-13-22(18-21)33-16-15-27/h3-14,17-18H,2,16H2,1H3,(H,28,31)(H,29,30)/b23-17+. The average Bonchev–Trinajstić information content (AvgIpc) is 2.84. The summed E-state index contributed by atoms with van der Waals surface area (Å²) in [6, 6.07) is 25.2. The number of benzene rings is 3. The van der Waals surface area contributed by atoms with Crippen LogP contribution in [0.1, 0.15) is 22.8 Å². The number of nitrogens with one attached hydrogen (secondary N) is 2. The molecular weight excluding hydrogens is 434 g/mol. The summed E-state index contributed by atoms with van der Waals surface area (Å²) in [5.74, 6) is 0.0376. The molecule has 0 saturated heterocycles. The van der Waals surface area contributed by atoms with Crippen LogP contribution < -0.4 is 15.4 Å². The first-order chi connectivity index (χ1) is 16.1. The van der Waals surface area contributed by atoms with Crippen molar-refractivity contribution in [2.75, 3.05) is 17.7 Å². The van der Waals surface area contributed by atoms with E-state index in [9.17, 15) is 9.59 Å². The van der Waals surface area contributed by atoms with Crippen LogP contribution in [0.4, 0.5) is 5.69 Å². The van der Waals surface area contributed by atoms with Crippen LogP contribution in [0.15, 0.2) is 89.5 Å². The molecule has 0 fully saturated rings. The van der Waals surface area contributed by atoms with E-state index in [4.69, 9.17) is 10.00 Å². The van der Waals surface area contributed by atoms with E-state index in [1.807, 2.05) is 37.3 Å². The molecule has 0 bridgehead atoms. The summed E-state index contributed by atoms with van der Waals surface area (Å²) in [6.07, 6.45) is 1.59. The number of carbonyl (C=O) groups is 2. The lowest BCUT2D eigenvalue weighted by atomic mass is 10.1. The predicted octanol–water partition coefficient (Wildman–Crippen LogP) is 5.11. The molecule has 2 N–H and O–H groups in total. The molecule has 2 amide bonds. The average molecular weight is 458 g/mol. The molecule has 166 valence electrons. The van der Waals surface area contributed by atoms with Crippen molar-refractivity contribution >= 4 is 35.3 Å². The number of hydrogen-bond donors (Lipinski definition) is 2. The van der Waals surface area contributed by atoms with E-state index in [2.05, 4.69) is 16.7 Å². The molecule has 0 radical (unpaired) electrons. The van der Waals surface area contributed by atoms with E-state index in [0.717, 1.165) is 4.90 Å². The van der Waals surface area contributed by atoms with Crippen molar-refractivity contribution in [1.82, 2.24) is 5.32 Å². The van der Waals surface area contributed by atoms with Crippen molar-refractivity contribution in [2.24, 2.45) is 0 Å². The molecule has 3 aromatic rings. The predicted molar refractivity (Wildman–Crippen MR) is 131 cm³/mol. The third-order valence-electron chi connectivity index (χ3n) is 4.44. The van der Waals surface area contributed by atoms with Gasteiger partial charge in [0.1, 0.15) is 11.4 Å². The van der Waals surface area contributed by atoms with Crippen LogP contribution in [0.5, 0.6) is 5.75 Å². The van der Waals surface area contributed by atoms with E-state index in [0.29, 0.717) is 34.9 Å². The topological polar surface area (TPSA) is 91.2 Å². The van der Waals surface area contributed by atoms with E-state index in [1.54, 1.807) is 54.6 Å². The summed E-state index contributed by atoms with van der Waals surface area (Å²) in [7, 11) is 0. The van der Waals surface area contributed by atoms with Crippen molar-refractivity contribution < 1.29 is 14.3 Å². The van der Waals surface area contributed by atoms with Crippen LogP contribution in [-0.2, 0) is 4.79 Å². The van der Waals surface area contributed by atoms with E-state index in [-0.39, 0.29) is 5.70 Å². The molecule has 0 atom stereocenters. The van der Waals surface area contributed by atoms with Gasteiger partial charge in [-0.1, -0.05) is 42.5 Å². The Balaban J connectivity index is 1.90. The van der Waals surface area contributed by atoms with Gasteiger partial charge in [-0.2, -0.15) is 5.26 Å². The van der Waals surface area contributed by atoms with Gasteiger partial charge in [0.2, 0.25) is 0 Å². The van der Waals surface area contributed by atoms with Crippen molar-refractivity contribution in [3.8, 4) is 11.8 Å². The maximum absolute atomic E-state index is 13.2. The minimum absolute atomic E-state index is 0.0751. The number of carbonyl (C=O) groups excluding carboxylic acids is 2. The number of rotatable bonds is 9. The Morgan fingerprint density at radius 1 is 1.03 bits per heavy atom. The molecule has 3 rings (SSSR count). The molecule has 0 heterocycles. The molecule has 0 unspecified atom stereocenters. The fourth-order valence-corrected chi connectivity index (χ4v) is 3.58. The molecule has 0 saturated carbocycles. The summed E-state index contributed by atoms with van der Waals surface area (Å²) in [6.45, 7) is 2.35. The van der Waals surface area contributed by atoms with Crippen LogP contribution in [0.2, 0.25) is 0 Å². The zero-order valence-electron chi connectivity index (χ0n) is 18.1. The Morgan fingerprint density at radius 3 is 2.55 bits per heavy atom. The smallest absolute Gasteiger partial charge is 0.272 e. The second-order valence-corrected chi connectivity index (χ2v) is 7.83. The Bertz CT molecular complexity index is 1190. The van der Waals surface area contributed by atoms with Gasteiger partial charge in [-0.25, -0.2) is 0 Å². The molecular formula is C26H23N3O3S. The SMILES string of the molecule is CCOc1ccccc1/C=C(/NC(=O)c1ccccc1)C(=O)Nc1cccc(SCC#N)c1. The number of para-hydroxylation sites is 1. The molecule has 0 aliphatic heterocycles. The highest BCUT2D eigenvalue weighted by Crippen LogP contribution is 2.23. The summed E-state index contributed by atoms with van der Waals surface area (Å²) >= 11 is 1.37. The maximum atomic E-state index is 13.2. The largest absolute Gasteiger partial charge is 0.493 e. The lowest BCUT2D eigenvalue weighted by molar-refractivity contribution is -0.113. The van der Waals surface area contributed by atoms with Crippen LogP contribution in [0.25, 0.3) is 6.08 Å². The maximum Gasteiger partial charge on any atom is 0.272 e. The quantitative estimate of drug-likeness (QED) is 0.344. The van der Waals surface area contributed by atoms with Gasteiger partial charge in [-0.15, -0.1) is 11.8 Å². The molecule has 3 aromatic carbocycles. The monoisotopic (exact) mass is 457 g/mol. The molecule has 6 nitrogen and oxygen atoms in total. The Morgan fingerprint density at radius 2 is 1.79 bits per heavy atom. The molecule has 33 heavy (non-hydrogen) atoms. The normalized spacial score (nSPS) is 10.7. The van der Waals surface area contributed by atoms with Crippen molar-refractivity contribution in [3.63, 3.8) is 0 Å². The first-order valence-electron chi connectivity index (χ1n) is 10.3. The minimum atomic E-state index is -0.479. The van der Waals surface area contributed by atoms with Gasteiger partial charge < -0.3 is 15.4 Å².